The molecule has 0 aliphatic heterocycles. The van der Waals surface area contributed by atoms with Crippen LogP contribution in [-0.4, -0.2) is 23.3 Å². The number of carbonyl (C=O) groups is 1. The van der Waals surface area contributed by atoms with Crippen molar-refractivity contribution in [3.8, 4) is 0 Å². The molecule has 0 aliphatic rings. The van der Waals surface area contributed by atoms with Crippen LogP contribution in [0.15, 0.2) is 24.5 Å². The Bertz CT molecular complexity index is 257. The van der Waals surface area contributed by atoms with E-state index < -0.39 is 0 Å². The van der Waals surface area contributed by atoms with E-state index in [1.54, 1.807) is 18.5 Å². The Hall–Kier alpha value is -1.45. The van der Waals surface area contributed by atoms with E-state index in [2.05, 4.69) is 5.43 Å². The minimum absolute atomic E-state index is 0.240. The predicted octanol–water partition coefficient (Wildman–Crippen LogP) is 0.983. The molecule has 4 nitrogen and oxygen atoms in total. The Morgan fingerprint density at radius 3 is 2.69 bits per heavy atom. The highest BCUT2D eigenvalue weighted by atomic mass is 16.5. The van der Waals surface area contributed by atoms with Gasteiger partial charge in [-0.2, -0.15) is 0 Å². The molecule has 1 unspecified atom stereocenters. The summed E-state index contributed by atoms with van der Waals surface area (Å²) < 4.78 is 6.56. The lowest BCUT2D eigenvalue weighted by atomic mass is 10.4. The molecule has 1 aromatic rings. The Morgan fingerprint density at radius 2 is 2.15 bits per heavy atom. The zero-order chi connectivity index (χ0) is 9.68. The SMILES string of the molecule is CCOC(=O)C(C)Nn1cccc1. The van der Waals surface area contributed by atoms with Crippen LogP contribution in [-0.2, 0) is 9.53 Å². The van der Waals surface area contributed by atoms with Crippen molar-refractivity contribution in [1.29, 1.82) is 0 Å². The summed E-state index contributed by atoms with van der Waals surface area (Å²) in [6.07, 6.45) is 3.66. The molecular formula is C9H14N2O2. The van der Waals surface area contributed by atoms with Crippen LogP contribution in [0.1, 0.15) is 13.8 Å². The lowest BCUT2D eigenvalue weighted by molar-refractivity contribution is -0.143. The Kier molecular flexibility index (Phi) is 3.37. The molecule has 0 bridgehead atoms. The Morgan fingerprint density at radius 1 is 1.54 bits per heavy atom. The van der Waals surface area contributed by atoms with Crippen LogP contribution in [0.3, 0.4) is 0 Å². The first-order chi connectivity index (χ1) is 6.24. The molecule has 0 fully saturated rings. The first-order valence-corrected chi connectivity index (χ1v) is 4.30. The van der Waals surface area contributed by atoms with Crippen LogP contribution in [0.25, 0.3) is 0 Å². The molecule has 1 rings (SSSR count). The number of nitrogens with one attached hydrogen (secondary N) is 1. The Labute approximate surface area is 77.5 Å². The number of hydrogen-bond donors (Lipinski definition) is 1. The van der Waals surface area contributed by atoms with Crippen molar-refractivity contribution in [3.63, 3.8) is 0 Å². The lowest BCUT2D eigenvalue weighted by Crippen LogP contribution is -2.33. The smallest absolute Gasteiger partial charge is 0.329 e. The van der Waals surface area contributed by atoms with Gasteiger partial charge in [0.2, 0.25) is 0 Å². The van der Waals surface area contributed by atoms with Gasteiger partial charge in [-0.1, -0.05) is 0 Å². The van der Waals surface area contributed by atoms with Crippen LogP contribution in [0.4, 0.5) is 0 Å². The molecule has 13 heavy (non-hydrogen) atoms. The van der Waals surface area contributed by atoms with Gasteiger partial charge in [-0.25, -0.2) is 4.79 Å². The van der Waals surface area contributed by atoms with Gasteiger partial charge >= 0.3 is 5.97 Å². The van der Waals surface area contributed by atoms with Crippen LogP contribution < -0.4 is 5.43 Å². The van der Waals surface area contributed by atoms with E-state index in [9.17, 15) is 4.79 Å². The summed E-state index contributed by atoms with van der Waals surface area (Å²) in [6, 6.07) is 3.43. The molecule has 0 amide bonds. The largest absolute Gasteiger partial charge is 0.464 e. The summed E-state index contributed by atoms with van der Waals surface area (Å²) in [5.41, 5.74) is 2.95. The average molecular weight is 182 g/mol. The number of ether oxygens (including phenoxy) is 1. The maximum Gasteiger partial charge on any atom is 0.329 e. The highest BCUT2D eigenvalue weighted by Gasteiger charge is 2.12. The van der Waals surface area contributed by atoms with Crippen LogP contribution in [0.5, 0.6) is 0 Å². The van der Waals surface area contributed by atoms with Crippen molar-refractivity contribution in [2.24, 2.45) is 0 Å². The molecule has 4 heteroatoms. The van der Waals surface area contributed by atoms with Crippen molar-refractivity contribution >= 4 is 5.97 Å². The number of hydrogen-bond acceptors (Lipinski definition) is 3. The van der Waals surface area contributed by atoms with Crippen molar-refractivity contribution in [2.75, 3.05) is 12.0 Å². The number of rotatable bonds is 4. The highest BCUT2D eigenvalue weighted by Crippen LogP contribution is 1.92. The number of nitrogens with zero attached hydrogens (tertiary/aromatic N) is 1. The second kappa shape index (κ2) is 4.54. The van der Waals surface area contributed by atoms with Crippen molar-refractivity contribution in [2.45, 2.75) is 19.9 Å². The second-order valence-corrected chi connectivity index (χ2v) is 2.69. The molecule has 0 aromatic carbocycles. The summed E-state index contributed by atoms with van der Waals surface area (Å²) in [6.45, 7) is 3.97. The van der Waals surface area contributed by atoms with Crippen LogP contribution in [0, 0.1) is 0 Å². The molecule has 0 radical (unpaired) electrons. The molecule has 0 saturated carbocycles. The maximum absolute atomic E-state index is 11.2. The molecule has 1 aromatic heterocycles. The number of aromatic nitrogens is 1. The van der Waals surface area contributed by atoms with Crippen molar-refractivity contribution in [1.82, 2.24) is 4.68 Å². The number of carbonyl (C=O) groups excluding carboxylic acids is 1. The molecule has 1 N–H and O–H groups in total. The summed E-state index contributed by atoms with van der Waals surface area (Å²) in [5, 5.41) is 0. The third kappa shape index (κ3) is 2.82. The predicted molar refractivity (Wildman–Crippen MR) is 49.9 cm³/mol. The standard InChI is InChI=1S/C9H14N2O2/c1-3-13-9(12)8(2)10-11-6-4-5-7-11/h4-8,10H,3H2,1-2H3. The van der Waals surface area contributed by atoms with E-state index in [-0.39, 0.29) is 12.0 Å². The Balaban J connectivity index is 2.41. The van der Waals surface area contributed by atoms with E-state index in [1.807, 2.05) is 24.5 Å². The first kappa shape index (κ1) is 9.64. The van der Waals surface area contributed by atoms with Gasteiger partial charge in [0.1, 0.15) is 6.04 Å². The first-order valence-electron chi connectivity index (χ1n) is 4.30. The van der Waals surface area contributed by atoms with Crippen molar-refractivity contribution in [3.05, 3.63) is 24.5 Å². The molecule has 0 spiro atoms. The quantitative estimate of drug-likeness (QED) is 0.706. The highest BCUT2D eigenvalue weighted by molar-refractivity contribution is 5.76. The number of esters is 1. The zero-order valence-corrected chi connectivity index (χ0v) is 7.86. The fraction of sp³-hybridized carbons (Fsp3) is 0.444. The average Bonchev–Trinajstić information content (AvgIpc) is 2.57. The fourth-order valence-corrected chi connectivity index (χ4v) is 0.964. The van der Waals surface area contributed by atoms with Gasteiger partial charge in [-0.15, -0.1) is 0 Å². The summed E-state index contributed by atoms with van der Waals surface area (Å²) in [5.74, 6) is -0.240. The zero-order valence-electron chi connectivity index (χ0n) is 7.86. The molecule has 72 valence electrons. The molecule has 0 saturated heterocycles. The lowest BCUT2D eigenvalue weighted by Gasteiger charge is -2.14. The van der Waals surface area contributed by atoms with Crippen molar-refractivity contribution < 1.29 is 9.53 Å². The third-order valence-corrected chi connectivity index (χ3v) is 1.59. The summed E-state index contributed by atoms with van der Waals surface area (Å²) in [7, 11) is 0. The monoisotopic (exact) mass is 182 g/mol. The minimum atomic E-state index is -0.327. The minimum Gasteiger partial charge on any atom is -0.464 e. The molecule has 1 heterocycles. The topological polar surface area (TPSA) is 43.3 Å². The van der Waals surface area contributed by atoms with E-state index in [0.29, 0.717) is 6.61 Å². The molecule has 1 atom stereocenters. The van der Waals surface area contributed by atoms with Gasteiger partial charge in [0.15, 0.2) is 0 Å². The van der Waals surface area contributed by atoms with Gasteiger partial charge in [-0.3, -0.25) is 4.68 Å². The van der Waals surface area contributed by atoms with E-state index in [0.717, 1.165) is 0 Å². The van der Waals surface area contributed by atoms with Gasteiger partial charge < -0.3 is 10.2 Å². The van der Waals surface area contributed by atoms with E-state index >= 15 is 0 Å². The molecular weight excluding hydrogens is 168 g/mol. The van der Waals surface area contributed by atoms with Gasteiger partial charge in [0.05, 0.1) is 6.61 Å². The summed E-state index contributed by atoms with van der Waals surface area (Å²) >= 11 is 0. The third-order valence-electron chi connectivity index (χ3n) is 1.59. The van der Waals surface area contributed by atoms with Crippen LogP contribution in [0.2, 0.25) is 0 Å². The van der Waals surface area contributed by atoms with E-state index in [4.69, 9.17) is 4.74 Å². The second-order valence-electron chi connectivity index (χ2n) is 2.69. The molecule has 0 aliphatic carbocycles. The fourth-order valence-electron chi connectivity index (χ4n) is 0.964. The van der Waals surface area contributed by atoms with Crippen LogP contribution >= 0.6 is 0 Å². The normalized spacial score (nSPS) is 12.2. The maximum atomic E-state index is 11.2. The van der Waals surface area contributed by atoms with Gasteiger partial charge in [-0.05, 0) is 26.0 Å². The van der Waals surface area contributed by atoms with Gasteiger partial charge in [0.25, 0.3) is 0 Å². The van der Waals surface area contributed by atoms with E-state index in [1.165, 1.54) is 0 Å². The summed E-state index contributed by atoms with van der Waals surface area (Å²) in [4.78, 5) is 11.2. The van der Waals surface area contributed by atoms with Gasteiger partial charge in [0, 0.05) is 12.4 Å².